The second-order valence-corrected chi connectivity index (χ2v) is 3.56. The summed E-state index contributed by atoms with van der Waals surface area (Å²) < 4.78 is 9.95. The zero-order valence-electron chi connectivity index (χ0n) is 9.27. The maximum Gasteiger partial charge on any atom is 0.302 e. The number of nitrogens with zero attached hydrogens (tertiary/aromatic N) is 1. The molecule has 0 N–H and O–H groups in total. The SMILES string of the molecule is COc1ccc(C2=N[C@H]2COC(C)=O)cc1. The van der Waals surface area contributed by atoms with Crippen molar-refractivity contribution < 1.29 is 14.3 Å². The number of ether oxygens (including phenoxy) is 2. The van der Waals surface area contributed by atoms with Crippen molar-refractivity contribution in [1.82, 2.24) is 0 Å². The fourth-order valence-corrected chi connectivity index (χ4v) is 1.47. The summed E-state index contributed by atoms with van der Waals surface area (Å²) in [7, 11) is 1.63. The molecule has 0 spiro atoms. The van der Waals surface area contributed by atoms with Gasteiger partial charge in [-0.3, -0.25) is 9.79 Å². The third-order valence-corrected chi connectivity index (χ3v) is 2.37. The third-order valence-electron chi connectivity index (χ3n) is 2.37. The van der Waals surface area contributed by atoms with Crippen molar-refractivity contribution in [3.63, 3.8) is 0 Å². The van der Waals surface area contributed by atoms with Gasteiger partial charge in [-0.25, -0.2) is 0 Å². The summed E-state index contributed by atoms with van der Waals surface area (Å²) in [6.45, 7) is 1.74. The summed E-state index contributed by atoms with van der Waals surface area (Å²) in [5.41, 5.74) is 2.04. The van der Waals surface area contributed by atoms with Gasteiger partial charge in [-0.1, -0.05) is 0 Å². The summed E-state index contributed by atoms with van der Waals surface area (Å²) >= 11 is 0. The van der Waals surface area contributed by atoms with Gasteiger partial charge in [0.25, 0.3) is 0 Å². The maximum absolute atomic E-state index is 10.6. The standard InChI is InChI=1S/C12H13NO3/c1-8(14)16-7-11-12(13-11)9-3-5-10(15-2)6-4-9/h3-6,11H,7H2,1-2H3/t11-/m0/s1. The predicted octanol–water partition coefficient (Wildman–Crippen LogP) is 1.43. The molecule has 1 atom stereocenters. The Bertz CT molecular complexity index is 422. The zero-order chi connectivity index (χ0) is 11.5. The lowest BCUT2D eigenvalue weighted by Crippen LogP contribution is -2.11. The maximum atomic E-state index is 10.6. The number of aliphatic imine (C=N–C) groups is 1. The zero-order valence-corrected chi connectivity index (χ0v) is 9.27. The first kappa shape index (κ1) is 10.7. The summed E-state index contributed by atoms with van der Waals surface area (Å²) in [6.07, 6.45) is 0. The molecular formula is C12H13NO3. The molecule has 0 fully saturated rings. The first-order valence-corrected chi connectivity index (χ1v) is 5.06. The van der Waals surface area contributed by atoms with E-state index in [2.05, 4.69) is 4.99 Å². The van der Waals surface area contributed by atoms with Crippen molar-refractivity contribution in [3.05, 3.63) is 29.8 Å². The highest BCUT2D eigenvalue weighted by Crippen LogP contribution is 2.22. The lowest BCUT2D eigenvalue weighted by Gasteiger charge is -2.01. The number of rotatable bonds is 4. The van der Waals surface area contributed by atoms with E-state index in [1.54, 1.807) is 7.11 Å². The second kappa shape index (κ2) is 4.35. The molecule has 84 valence electrons. The number of carbonyl (C=O) groups excluding carboxylic acids is 1. The van der Waals surface area contributed by atoms with Gasteiger partial charge in [0.1, 0.15) is 18.4 Å². The Hall–Kier alpha value is -1.84. The molecule has 4 nitrogen and oxygen atoms in total. The number of hydrogen-bond acceptors (Lipinski definition) is 4. The van der Waals surface area contributed by atoms with Crippen molar-refractivity contribution in [1.29, 1.82) is 0 Å². The minimum atomic E-state index is -0.267. The molecule has 0 aromatic heterocycles. The summed E-state index contributed by atoms with van der Waals surface area (Å²) in [5, 5.41) is 0. The van der Waals surface area contributed by atoms with Crippen LogP contribution in [0.2, 0.25) is 0 Å². The molecule has 0 saturated carbocycles. The predicted molar refractivity (Wildman–Crippen MR) is 60.0 cm³/mol. The molecule has 1 aromatic rings. The van der Waals surface area contributed by atoms with E-state index in [0.717, 1.165) is 17.0 Å². The molecule has 1 aromatic carbocycles. The largest absolute Gasteiger partial charge is 0.497 e. The van der Waals surface area contributed by atoms with Crippen LogP contribution in [0.1, 0.15) is 12.5 Å². The lowest BCUT2D eigenvalue weighted by molar-refractivity contribution is -0.140. The van der Waals surface area contributed by atoms with Gasteiger partial charge in [-0.2, -0.15) is 0 Å². The highest BCUT2D eigenvalue weighted by Gasteiger charge is 2.29. The van der Waals surface area contributed by atoms with Crippen molar-refractivity contribution in [2.24, 2.45) is 4.99 Å². The van der Waals surface area contributed by atoms with Crippen LogP contribution in [0.3, 0.4) is 0 Å². The molecular weight excluding hydrogens is 206 g/mol. The summed E-state index contributed by atoms with van der Waals surface area (Å²) in [5.74, 6) is 0.553. The highest BCUT2D eigenvalue weighted by atomic mass is 16.5. The fraction of sp³-hybridized carbons (Fsp3) is 0.333. The van der Waals surface area contributed by atoms with Crippen LogP contribution in [0.25, 0.3) is 0 Å². The molecule has 16 heavy (non-hydrogen) atoms. The van der Waals surface area contributed by atoms with Gasteiger partial charge in [0.05, 0.1) is 12.8 Å². The van der Waals surface area contributed by atoms with Gasteiger partial charge in [0.2, 0.25) is 0 Å². The van der Waals surface area contributed by atoms with E-state index < -0.39 is 0 Å². The van der Waals surface area contributed by atoms with E-state index >= 15 is 0 Å². The van der Waals surface area contributed by atoms with Crippen molar-refractivity contribution in [3.8, 4) is 5.75 Å². The minimum absolute atomic E-state index is 0.0392. The van der Waals surface area contributed by atoms with Crippen LogP contribution >= 0.6 is 0 Å². The van der Waals surface area contributed by atoms with Crippen molar-refractivity contribution in [2.45, 2.75) is 13.0 Å². The first-order valence-electron chi connectivity index (χ1n) is 5.06. The topological polar surface area (TPSA) is 47.9 Å². The Labute approximate surface area is 93.9 Å². The number of benzene rings is 1. The third kappa shape index (κ3) is 2.39. The molecule has 4 heteroatoms. The van der Waals surface area contributed by atoms with Gasteiger partial charge < -0.3 is 9.47 Å². The monoisotopic (exact) mass is 219 g/mol. The number of esters is 1. The van der Waals surface area contributed by atoms with Gasteiger partial charge in [0, 0.05) is 6.92 Å². The summed E-state index contributed by atoms with van der Waals surface area (Å²) in [6, 6.07) is 7.71. The first-order chi connectivity index (χ1) is 7.70. The smallest absolute Gasteiger partial charge is 0.302 e. The van der Waals surface area contributed by atoms with Crippen LogP contribution < -0.4 is 4.74 Å². The van der Waals surface area contributed by atoms with Crippen LogP contribution in [-0.4, -0.2) is 31.4 Å². The Morgan fingerprint density at radius 1 is 1.38 bits per heavy atom. The van der Waals surface area contributed by atoms with Gasteiger partial charge in [0.15, 0.2) is 0 Å². The average Bonchev–Trinajstić information content (AvgIpc) is 3.06. The molecule has 1 heterocycles. The Morgan fingerprint density at radius 2 is 2.06 bits per heavy atom. The van der Waals surface area contributed by atoms with E-state index in [1.807, 2.05) is 24.3 Å². The van der Waals surface area contributed by atoms with E-state index in [-0.39, 0.29) is 12.0 Å². The van der Waals surface area contributed by atoms with E-state index in [0.29, 0.717) is 6.61 Å². The average molecular weight is 219 g/mol. The van der Waals surface area contributed by atoms with Crippen molar-refractivity contribution in [2.75, 3.05) is 13.7 Å². The Balaban J connectivity index is 1.90. The Kier molecular flexibility index (Phi) is 2.90. The molecule has 0 radical (unpaired) electrons. The van der Waals surface area contributed by atoms with E-state index in [9.17, 15) is 4.79 Å². The number of methoxy groups -OCH3 is 1. The van der Waals surface area contributed by atoms with Crippen LogP contribution in [0.4, 0.5) is 0 Å². The molecule has 1 aliphatic heterocycles. The van der Waals surface area contributed by atoms with Gasteiger partial charge in [-0.15, -0.1) is 0 Å². The molecule has 2 rings (SSSR count). The molecule has 0 saturated heterocycles. The lowest BCUT2D eigenvalue weighted by atomic mass is 10.1. The van der Waals surface area contributed by atoms with E-state index in [4.69, 9.17) is 9.47 Å². The molecule has 1 aliphatic rings. The summed E-state index contributed by atoms with van der Waals surface area (Å²) in [4.78, 5) is 14.9. The van der Waals surface area contributed by atoms with E-state index in [1.165, 1.54) is 6.92 Å². The quantitative estimate of drug-likeness (QED) is 0.720. The molecule has 0 aliphatic carbocycles. The highest BCUT2D eigenvalue weighted by molar-refractivity contribution is 6.13. The molecule has 0 bridgehead atoms. The number of carbonyl (C=O) groups is 1. The van der Waals surface area contributed by atoms with Gasteiger partial charge in [-0.05, 0) is 29.8 Å². The van der Waals surface area contributed by atoms with Crippen LogP contribution in [0.15, 0.2) is 29.3 Å². The normalized spacial score (nSPS) is 17.6. The molecule has 0 amide bonds. The van der Waals surface area contributed by atoms with Crippen molar-refractivity contribution >= 4 is 11.7 Å². The second-order valence-electron chi connectivity index (χ2n) is 3.56. The van der Waals surface area contributed by atoms with Crippen LogP contribution in [0, 0.1) is 0 Å². The fourth-order valence-electron chi connectivity index (χ4n) is 1.47. The number of hydrogen-bond donors (Lipinski definition) is 0. The van der Waals surface area contributed by atoms with Gasteiger partial charge >= 0.3 is 5.97 Å². The minimum Gasteiger partial charge on any atom is -0.497 e. The molecule has 0 unspecified atom stereocenters. The Morgan fingerprint density at radius 3 is 2.62 bits per heavy atom. The van der Waals surface area contributed by atoms with Crippen LogP contribution in [-0.2, 0) is 9.53 Å². The van der Waals surface area contributed by atoms with Crippen LogP contribution in [0.5, 0.6) is 5.75 Å².